The summed E-state index contributed by atoms with van der Waals surface area (Å²) < 4.78 is 49.5. The van der Waals surface area contributed by atoms with Crippen LogP contribution in [0.3, 0.4) is 0 Å². The van der Waals surface area contributed by atoms with Gasteiger partial charge in [0.15, 0.2) is 9.84 Å². The predicted octanol–water partition coefficient (Wildman–Crippen LogP) is 1.18. The lowest BCUT2D eigenvalue weighted by atomic mass is 10.2. The molecule has 0 saturated carbocycles. The van der Waals surface area contributed by atoms with Crippen molar-refractivity contribution < 1.29 is 21.9 Å². The molecule has 1 aromatic rings. The number of nitrogens with one attached hydrogen (secondary N) is 1. The first-order valence-corrected chi connectivity index (χ1v) is 10.0. The van der Waals surface area contributed by atoms with Crippen LogP contribution < -0.4 is 4.72 Å². The first-order chi connectivity index (χ1) is 9.58. The van der Waals surface area contributed by atoms with Crippen molar-refractivity contribution in [3.8, 4) is 0 Å². The van der Waals surface area contributed by atoms with Gasteiger partial charge in [-0.15, -0.1) is 0 Å². The van der Waals surface area contributed by atoms with Gasteiger partial charge in [0.2, 0.25) is 10.0 Å². The highest BCUT2D eigenvalue weighted by molar-refractivity contribution is 7.91. The van der Waals surface area contributed by atoms with Crippen LogP contribution >= 0.6 is 11.6 Å². The minimum absolute atomic E-state index is 0.0385. The van der Waals surface area contributed by atoms with Crippen LogP contribution in [0.5, 0.6) is 0 Å². The fourth-order valence-corrected chi connectivity index (χ4v) is 3.86. The number of halogens is 1. The summed E-state index contributed by atoms with van der Waals surface area (Å²) in [6, 6.07) is 3.50. The average molecular weight is 356 g/mol. The molecule has 9 heteroatoms. The van der Waals surface area contributed by atoms with Crippen molar-refractivity contribution >= 4 is 31.5 Å². The summed E-state index contributed by atoms with van der Waals surface area (Å²) in [5, 5.41) is 9.33. The molecule has 0 aliphatic carbocycles. The van der Waals surface area contributed by atoms with E-state index in [2.05, 4.69) is 4.72 Å². The Morgan fingerprint density at radius 2 is 1.90 bits per heavy atom. The summed E-state index contributed by atoms with van der Waals surface area (Å²) in [5.41, 5.74) is 0. The van der Waals surface area contributed by atoms with Gasteiger partial charge < -0.3 is 5.11 Å². The Morgan fingerprint density at radius 1 is 1.29 bits per heavy atom. The summed E-state index contributed by atoms with van der Waals surface area (Å²) >= 11 is 5.84. The average Bonchev–Trinajstić information content (AvgIpc) is 2.37. The van der Waals surface area contributed by atoms with E-state index in [-0.39, 0.29) is 27.8 Å². The molecule has 1 atom stereocenters. The van der Waals surface area contributed by atoms with Gasteiger partial charge in [-0.25, -0.2) is 21.6 Å². The maximum atomic E-state index is 12.1. The first kappa shape index (κ1) is 18.4. The monoisotopic (exact) mass is 355 g/mol. The molecule has 1 rings (SSSR count). The molecule has 0 aromatic heterocycles. The second kappa shape index (κ2) is 7.06. The lowest BCUT2D eigenvalue weighted by Crippen LogP contribution is -2.27. The molecule has 0 aliphatic rings. The molecular weight excluding hydrogens is 338 g/mol. The lowest BCUT2D eigenvalue weighted by molar-refractivity contribution is 0.162. The second-order valence-electron chi connectivity index (χ2n) is 4.61. The van der Waals surface area contributed by atoms with Crippen molar-refractivity contribution in [1.82, 2.24) is 4.72 Å². The number of hydrogen-bond donors (Lipinski definition) is 2. The van der Waals surface area contributed by atoms with E-state index in [0.29, 0.717) is 6.42 Å². The summed E-state index contributed by atoms with van der Waals surface area (Å²) in [7, 11) is -7.47. The van der Waals surface area contributed by atoms with E-state index in [4.69, 9.17) is 11.6 Å². The summed E-state index contributed by atoms with van der Waals surface area (Å²) in [6.07, 6.45) is 1.17. The molecule has 0 fully saturated rings. The van der Waals surface area contributed by atoms with Gasteiger partial charge in [0.25, 0.3) is 0 Å². The van der Waals surface area contributed by atoms with Crippen LogP contribution in [0.4, 0.5) is 0 Å². The summed E-state index contributed by atoms with van der Waals surface area (Å²) in [5.74, 6) is 0. The molecule has 0 amide bonds. The molecule has 120 valence electrons. The number of hydrogen-bond acceptors (Lipinski definition) is 5. The molecule has 0 radical (unpaired) electrons. The minimum Gasteiger partial charge on any atom is -0.393 e. The third-order valence-electron chi connectivity index (χ3n) is 2.86. The Balaban J connectivity index is 3.03. The number of aliphatic hydroxyl groups is 1. The molecular formula is C12H18ClNO5S2. The van der Waals surface area contributed by atoms with Gasteiger partial charge in [-0.05, 0) is 31.0 Å². The maximum absolute atomic E-state index is 12.1. The van der Waals surface area contributed by atoms with Crippen molar-refractivity contribution in [2.45, 2.75) is 35.7 Å². The smallest absolute Gasteiger partial charge is 0.242 e. The van der Waals surface area contributed by atoms with E-state index >= 15 is 0 Å². The first-order valence-electron chi connectivity index (χ1n) is 6.25. The zero-order chi connectivity index (χ0) is 16.3. The number of sulfone groups is 1. The van der Waals surface area contributed by atoms with Gasteiger partial charge >= 0.3 is 0 Å². The van der Waals surface area contributed by atoms with Gasteiger partial charge in [-0.3, -0.25) is 0 Å². The standard InChI is InChI=1S/C12H18ClNO5S2/c1-3-9(15)6-7-14-21(18,19)12-8-10(20(2,16)17)4-5-11(12)13/h4-5,8-9,14-15H,3,6-7H2,1-2H3. The molecule has 0 aliphatic heterocycles. The van der Waals surface area contributed by atoms with Crippen molar-refractivity contribution in [3.63, 3.8) is 0 Å². The maximum Gasteiger partial charge on any atom is 0.242 e. The number of rotatable bonds is 7. The molecule has 0 saturated heterocycles. The quantitative estimate of drug-likeness (QED) is 0.765. The predicted molar refractivity (Wildman–Crippen MR) is 80.7 cm³/mol. The Hall–Kier alpha value is -0.670. The molecule has 1 unspecified atom stereocenters. The summed E-state index contributed by atoms with van der Waals surface area (Å²) in [4.78, 5) is -0.418. The second-order valence-corrected chi connectivity index (χ2v) is 8.77. The third kappa shape index (κ3) is 5.23. The molecule has 21 heavy (non-hydrogen) atoms. The Morgan fingerprint density at radius 3 is 2.43 bits per heavy atom. The Kier molecular flexibility index (Phi) is 6.18. The number of sulfonamides is 1. The number of benzene rings is 1. The van der Waals surface area contributed by atoms with Crippen LogP contribution in [0.2, 0.25) is 5.02 Å². The van der Waals surface area contributed by atoms with Crippen molar-refractivity contribution in [1.29, 1.82) is 0 Å². The van der Waals surface area contributed by atoms with E-state index in [1.807, 2.05) is 0 Å². The highest BCUT2D eigenvalue weighted by Crippen LogP contribution is 2.24. The van der Waals surface area contributed by atoms with Gasteiger partial charge in [0.05, 0.1) is 16.0 Å². The fourth-order valence-electron chi connectivity index (χ4n) is 1.56. The van der Waals surface area contributed by atoms with Gasteiger partial charge in [0.1, 0.15) is 4.90 Å². The molecule has 1 aromatic carbocycles. The van der Waals surface area contributed by atoms with Crippen LogP contribution in [-0.4, -0.2) is 40.8 Å². The summed E-state index contributed by atoms with van der Waals surface area (Å²) in [6.45, 7) is 1.82. The van der Waals surface area contributed by atoms with E-state index in [1.165, 1.54) is 12.1 Å². The van der Waals surface area contributed by atoms with Crippen molar-refractivity contribution in [3.05, 3.63) is 23.2 Å². The van der Waals surface area contributed by atoms with Crippen LogP contribution in [-0.2, 0) is 19.9 Å². The van der Waals surface area contributed by atoms with E-state index < -0.39 is 26.0 Å². The molecule has 2 N–H and O–H groups in total. The van der Waals surface area contributed by atoms with Gasteiger partial charge in [-0.2, -0.15) is 0 Å². The van der Waals surface area contributed by atoms with Gasteiger partial charge in [-0.1, -0.05) is 18.5 Å². The van der Waals surface area contributed by atoms with Crippen molar-refractivity contribution in [2.24, 2.45) is 0 Å². The number of aliphatic hydroxyl groups excluding tert-OH is 1. The lowest BCUT2D eigenvalue weighted by Gasteiger charge is -2.11. The topological polar surface area (TPSA) is 101 Å². The van der Waals surface area contributed by atoms with Crippen LogP contribution in [0, 0.1) is 0 Å². The molecule has 0 heterocycles. The normalized spacial score (nSPS) is 14.1. The molecule has 0 spiro atoms. The molecule has 6 nitrogen and oxygen atoms in total. The third-order valence-corrected chi connectivity index (χ3v) is 5.91. The fraction of sp³-hybridized carbons (Fsp3) is 0.500. The highest BCUT2D eigenvalue weighted by atomic mass is 35.5. The largest absolute Gasteiger partial charge is 0.393 e. The minimum atomic E-state index is -3.94. The van der Waals surface area contributed by atoms with Crippen LogP contribution in [0.15, 0.2) is 28.0 Å². The van der Waals surface area contributed by atoms with E-state index in [1.54, 1.807) is 6.92 Å². The van der Waals surface area contributed by atoms with Crippen molar-refractivity contribution in [2.75, 3.05) is 12.8 Å². The van der Waals surface area contributed by atoms with E-state index in [0.717, 1.165) is 12.3 Å². The van der Waals surface area contributed by atoms with E-state index in [9.17, 15) is 21.9 Å². The zero-order valence-electron chi connectivity index (χ0n) is 11.7. The zero-order valence-corrected chi connectivity index (χ0v) is 14.1. The Bertz CT molecular complexity index is 700. The van der Waals surface area contributed by atoms with Crippen LogP contribution in [0.1, 0.15) is 19.8 Å². The Labute approximate surface area is 130 Å². The molecule has 0 bridgehead atoms. The van der Waals surface area contributed by atoms with Gasteiger partial charge in [0, 0.05) is 12.8 Å². The SMILES string of the molecule is CCC(O)CCNS(=O)(=O)c1cc(S(C)(=O)=O)ccc1Cl. The highest BCUT2D eigenvalue weighted by Gasteiger charge is 2.20. The van der Waals surface area contributed by atoms with Crippen LogP contribution in [0.25, 0.3) is 0 Å².